The third-order valence-corrected chi connectivity index (χ3v) is 3.16. The van der Waals surface area contributed by atoms with Gasteiger partial charge in [0, 0.05) is 32.0 Å². The Hall–Kier alpha value is -0.370. The first-order valence-corrected chi connectivity index (χ1v) is 6.74. The Bertz CT molecular complexity index is 213. The van der Waals surface area contributed by atoms with E-state index in [1.165, 1.54) is 0 Å². The van der Waals surface area contributed by atoms with E-state index in [1.807, 2.05) is 0 Å². The maximum atomic E-state index is 11.7. The largest absolute Gasteiger partial charge is 0.302 e. The van der Waals surface area contributed by atoms with E-state index in [4.69, 9.17) is 0 Å². The van der Waals surface area contributed by atoms with Crippen LogP contribution in [0.1, 0.15) is 47.0 Å². The van der Waals surface area contributed by atoms with Crippen LogP contribution in [0.25, 0.3) is 0 Å². The van der Waals surface area contributed by atoms with Gasteiger partial charge in [-0.2, -0.15) is 0 Å². The third kappa shape index (κ3) is 4.65. The first kappa shape index (κ1) is 13.7. The Morgan fingerprint density at radius 2 is 1.75 bits per heavy atom. The fraction of sp³-hybridized carbons (Fsp3) is 0.929. The van der Waals surface area contributed by atoms with Crippen LogP contribution in [0, 0.1) is 17.8 Å². The van der Waals surface area contributed by atoms with Gasteiger partial charge in [-0.3, -0.25) is 4.79 Å². The second-order valence-corrected chi connectivity index (χ2v) is 6.06. The Morgan fingerprint density at radius 3 is 2.12 bits per heavy atom. The molecule has 0 spiro atoms. The van der Waals surface area contributed by atoms with Crippen molar-refractivity contribution in [2.75, 3.05) is 19.6 Å². The van der Waals surface area contributed by atoms with Crippen LogP contribution in [-0.4, -0.2) is 30.3 Å². The summed E-state index contributed by atoms with van der Waals surface area (Å²) in [6.45, 7) is 12.3. The standard InChI is InChI=1S/C14H27NO/c1-11(2)8-15(9-12(3)4)10-13-6-5-7-14(13)16/h11-13H,5-10H2,1-4H3. The van der Waals surface area contributed by atoms with E-state index in [9.17, 15) is 4.79 Å². The molecule has 1 unspecified atom stereocenters. The highest BCUT2D eigenvalue weighted by molar-refractivity contribution is 5.83. The van der Waals surface area contributed by atoms with Crippen molar-refractivity contribution in [2.45, 2.75) is 47.0 Å². The summed E-state index contributed by atoms with van der Waals surface area (Å²) in [5.74, 6) is 2.21. The van der Waals surface area contributed by atoms with Crippen molar-refractivity contribution in [1.29, 1.82) is 0 Å². The zero-order valence-corrected chi connectivity index (χ0v) is 11.3. The lowest BCUT2D eigenvalue weighted by atomic mass is 10.0. The predicted molar refractivity (Wildman–Crippen MR) is 68.5 cm³/mol. The molecular formula is C14H27NO. The third-order valence-electron chi connectivity index (χ3n) is 3.16. The Balaban J connectivity index is 2.45. The molecule has 0 bridgehead atoms. The summed E-state index contributed by atoms with van der Waals surface area (Å²) in [6.07, 6.45) is 3.05. The maximum Gasteiger partial charge on any atom is 0.137 e. The van der Waals surface area contributed by atoms with Crippen LogP contribution in [0.2, 0.25) is 0 Å². The molecule has 1 saturated carbocycles. The molecule has 0 aromatic heterocycles. The molecule has 0 aliphatic heterocycles. The maximum absolute atomic E-state index is 11.7. The number of Topliss-reactive ketones (excluding diaryl/α,β-unsaturated/α-hetero) is 1. The average molecular weight is 225 g/mol. The van der Waals surface area contributed by atoms with E-state index < -0.39 is 0 Å². The van der Waals surface area contributed by atoms with E-state index >= 15 is 0 Å². The Kier molecular flexibility index (Phi) is 5.47. The highest BCUT2D eigenvalue weighted by Gasteiger charge is 2.26. The zero-order chi connectivity index (χ0) is 12.1. The van der Waals surface area contributed by atoms with Gasteiger partial charge in [-0.1, -0.05) is 27.7 Å². The van der Waals surface area contributed by atoms with Gasteiger partial charge in [0.1, 0.15) is 5.78 Å². The first-order valence-electron chi connectivity index (χ1n) is 6.74. The van der Waals surface area contributed by atoms with E-state index in [0.717, 1.165) is 38.9 Å². The molecule has 1 fully saturated rings. The number of carbonyl (C=O) groups is 1. The molecule has 0 heterocycles. The Labute approximate surface area is 100 Å². The fourth-order valence-corrected chi connectivity index (χ4v) is 2.65. The lowest BCUT2D eigenvalue weighted by molar-refractivity contribution is -0.121. The summed E-state index contributed by atoms with van der Waals surface area (Å²) in [7, 11) is 0. The zero-order valence-electron chi connectivity index (χ0n) is 11.3. The van der Waals surface area contributed by atoms with Crippen molar-refractivity contribution in [3.8, 4) is 0 Å². The summed E-state index contributed by atoms with van der Waals surface area (Å²) >= 11 is 0. The molecule has 0 aromatic rings. The lowest BCUT2D eigenvalue weighted by Crippen LogP contribution is -2.36. The number of rotatable bonds is 6. The monoisotopic (exact) mass is 225 g/mol. The smallest absolute Gasteiger partial charge is 0.137 e. The predicted octanol–water partition coefficient (Wildman–Crippen LogP) is 2.97. The molecule has 0 radical (unpaired) electrons. The molecule has 1 rings (SSSR count). The number of hydrogen-bond acceptors (Lipinski definition) is 2. The Morgan fingerprint density at radius 1 is 1.19 bits per heavy atom. The minimum atomic E-state index is 0.331. The van der Waals surface area contributed by atoms with Gasteiger partial charge in [0.25, 0.3) is 0 Å². The van der Waals surface area contributed by atoms with Crippen molar-refractivity contribution in [1.82, 2.24) is 4.90 Å². The number of carbonyl (C=O) groups excluding carboxylic acids is 1. The summed E-state index contributed by atoms with van der Waals surface area (Å²) in [6, 6.07) is 0. The van der Waals surface area contributed by atoms with Crippen LogP contribution < -0.4 is 0 Å². The van der Waals surface area contributed by atoms with Gasteiger partial charge in [0.05, 0.1) is 0 Å². The summed E-state index contributed by atoms with van der Waals surface area (Å²) < 4.78 is 0. The number of hydrogen-bond donors (Lipinski definition) is 0. The second kappa shape index (κ2) is 6.39. The van der Waals surface area contributed by atoms with Gasteiger partial charge in [-0.15, -0.1) is 0 Å². The number of nitrogens with zero attached hydrogens (tertiary/aromatic N) is 1. The van der Waals surface area contributed by atoms with Gasteiger partial charge in [0.15, 0.2) is 0 Å². The second-order valence-electron chi connectivity index (χ2n) is 6.06. The highest BCUT2D eigenvalue weighted by Crippen LogP contribution is 2.22. The summed E-state index contributed by atoms with van der Waals surface area (Å²) in [5.41, 5.74) is 0. The quantitative estimate of drug-likeness (QED) is 0.692. The van der Waals surface area contributed by atoms with Crippen molar-refractivity contribution in [3.05, 3.63) is 0 Å². The molecule has 2 nitrogen and oxygen atoms in total. The van der Waals surface area contributed by atoms with Crippen molar-refractivity contribution in [3.63, 3.8) is 0 Å². The van der Waals surface area contributed by atoms with E-state index in [-0.39, 0.29) is 0 Å². The minimum absolute atomic E-state index is 0.331. The molecular weight excluding hydrogens is 198 g/mol. The molecule has 0 amide bonds. The van der Waals surface area contributed by atoms with Gasteiger partial charge >= 0.3 is 0 Å². The summed E-state index contributed by atoms with van der Waals surface area (Å²) in [4.78, 5) is 14.1. The molecule has 1 aliphatic carbocycles. The van der Waals surface area contributed by atoms with Crippen LogP contribution >= 0.6 is 0 Å². The summed E-state index contributed by atoms with van der Waals surface area (Å²) in [5, 5.41) is 0. The highest BCUT2D eigenvalue weighted by atomic mass is 16.1. The van der Waals surface area contributed by atoms with Crippen LogP contribution in [0.5, 0.6) is 0 Å². The molecule has 94 valence electrons. The number of ketones is 1. The molecule has 2 heteroatoms. The average Bonchev–Trinajstić information content (AvgIpc) is 2.49. The van der Waals surface area contributed by atoms with Crippen molar-refractivity contribution in [2.24, 2.45) is 17.8 Å². The molecule has 16 heavy (non-hydrogen) atoms. The van der Waals surface area contributed by atoms with E-state index in [2.05, 4.69) is 32.6 Å². The van der Waals surface area contributed by atoms with Crippen LogP contribution in [0.15, 0.2) is 0 Å². The minimum Gasteiger partial charge on any atom is -0.302 e. The molecule has 0 aromatic carbocycles. The van der Waals surface area contributed by atoms with Crippen LogP contribution in [0.3, 0.4) is 0 Å². The first-order chi connectivity index (χ1) is 7.49. The van der Waals surface area contributed by atoms with Crippen molar-refractivity contribution >= 4 is 5.78 Å². The molecule has 1 atom stereocenters. The normalized spacial score (nSPS) is 21.7. The van der Waals surface area contributed by atoms with Crippen LogP contribution in [0.4, 0.5) is 0 Å². The van der Waals surface area contributed by atoms with Gasteiger partial charge in [0.2, 0.25) is 0 Å². The van der Waals surface area contributed by atoms with E-state index in [0.29, 0.717) is 23.5 Å². The van der Waals surface area contributed by atoms with Crippen molar-refractivity contribution < 1.29 is 4.79 Å². The topological polar surface area (TPSA) is 20.3 Å². The molecule has 0 N–H and O–H groups in total. The fourth-order valence-electron chi connectivity index (χ4n) is 2.65. The lowest BCUT2D eigenvalue weighted by Gasteiger charge is -2.28. The van der Waals surface area contributed by atoms with Gasteiger partial charge in [-0.05, 0) is 24.7 Å². The van der Waals surface area contributed by atoms with Gasteiger partial charge < -0.3 is 4.90 Å². The SMILES string of the molecule is CC(C)CN(CC(C)C)CC1CCCC1=O. The van der Waals surface area contributed by atoms with E-state index in [1.54, 1.807) is 0 Å². The molecule has 0 saturated heterocycles. The van der Waals surface area contributed by atoms with Gasteiger partial charge in [-0.25, -0.2) is 0 Å². The van der Waals surface area contributed by atoms with Crippen LogP contribution in [-0.2, 0) is 4.79 Å². The molecule has 1 aliphatic rings.